The lowest BCUT2D eigenvalue weighted by molar-refractivity contribution is 0.0601. The number of carbonyl (C=O) groups excluding carboxylic acids is 1. The van der Waals surface area contributed by atoms with Crippen LogP contribution in [0, 0.1) is 0 Å². The van der Waals surface area contributed by atoms with Gasteiger partial charge in [-0.05, 0) is 25.0 Å². The van der Waals surface area contributed by atoms with Gasteiger partial charge >= 0.3 is 5.97 Å². The number of hydrogen-bond donors (Lipinski definition) is 0. The van der Waals surface area contributed by atoms with E-state index in [-0.39, 0.29) is 5.97 Å². The van der Waals surface area contributed by atoms with E-state index in [2.05, 4.69) is 4.90 Å². The number of methoxy groups -OCH3 is 1. The van der Waals surface area contributed by atoms with Gasteiger partial charge in [-0.25, -0.2) is 4.79 Å². The SMILES string of the molecule is COC(=O)c1c(Cl)cccc1N1CCCC1. The van der Waals surface area contributed by atoms with Crippen LogP contribution < -0.4 is 4.90 Å². The molecule has 1 aromatic carbocycles. The zero-order valence-electron chi connectivity index (χ0n) is 9.20. The Morgan fingerprint density at radius 1 is 1.38 bits per heavy atom. The molecule has 3 nitrogen and oxygen atoms in total. The summed E-state index contributed by atoms with van der Waals surface area (Å²) < 4.78 is 4.77. The highest BCUT2D eigenvalue weighted by Crippen LogP contribution is 2.30. The highest BCUT2D eigenvalue weighted by atomic mass is 35.5. The Morgan fingerprint density at radius 3 is 2.69 bits per heavy atom. The lowest BCUT2D eigenvalue weighted by Crippen LogP contribution is -2.21. The molecule has 2 rings (SSSR count). The number of anilines is 1. The van der Waals surface area contributed by atoms with E-state index in [1.54, 1.807) is 6.07 Å². The summed E-state index contributed by atoms with van der Waals surface area (Å²) in [4.78, 5) is 13.9. The van der Waals surface area contributed by atoms with E-state index < -0.39 is 0 Å². The number of carbonyl (C=O) groups is 1. The van der Waals surface area contributed by atoms with Gasteiger partial charge < -0.3 is 9.64 Å². The van der Waals surface area contributed by atoms with Gasteiger partial charge in [-0.3, -0.25) is 0 Å². The van der Waals surface area contributed by atoms with Gasteiger partial charge in [0.25, 0.3) is 0 Å². The number of nitrogens with zero attached hydrogens (tertiary/aromatic N) is 1. The molecule has 0 N–H and O–H groups in total. The molecule has 0 aromatic heterocycles. The zero-order valence-corrected chi connectivity index (χ0v) is 9.96. The molecule has 0 bridgehead atoms. The fourth-order valence-electron chi connectivity index (χ4n) is 2.04. The Bertz CT molecular complexity index is 400. The smallest absolute Gasteiger partial charge is 0.341 e. The van der Waals surface area contributed by atoms with Crippen LogP contribution in [0.3, 0.4) is 0 Å². The average Bonchev–Trinajstić information content (AvgIpc) is 2.81. The summed E-state index contributed by atoms with van der Waals surface area (Å²) in [6, 6.07) is 5.50. The number of esters is 1. The van der Waals surface area contributed by atoms with Crippen LogP contribution in [0.15, 0.2) is 18.2 Å². The number of rotatable bonds is 2. The first-order valence-electron chi connectivity index (χ1n) is 5.36. The van der Waals surface area contributed by atoms with Crippen molar-refractivity contribution in [1.82, 2.24) is 0 Å². The van der Waals surface area contributed by atoms with Gasteiger partial charge in [0.05, 0.1) is 17.8 Å². The molecule has 0 atom stereocenters. The zero-order chi connectivity index (χ0) is 11.5. The molecule has 16 heavy (non-hydrogen) atoms. The van der Waals surface area contributed by atoms with Crippen LogP contribution in [0.4, 0.5) is 5.69 Å². The number of benzene rings is 1. The summed E-state index contributed by atoms with van der Waals surface area (Å²) >= 11 is 6.05. The summed E-state index contributed by atoms with van der Waals surface area (Å²) in [5.41, 5.74) is 1.37. The van der Waals surface area contributed by atoms with Crippen LogP contribution in [0.1, 0.15) is 23.2 Å². The summed E-state index contributed by atoms with van der Waals surface area (Å²) in [6.07, 6.45) is 2.32. The van der Waals surface area contributed by atoms with E-state index in [0.29, 0.717) is 10.6 Å². The molecule has 1 aromatic rings. The topological polar surface area (TPSA) is 29.5 Å². The van der Waals surface area contributed by atoms with Gasteiger partial charge in [-0.1, -0.05) is 17.7 Å². The molecule has 4 heteroatoms. The van der Waals surface area contributed by atoms with E-state index in [9.17, 15) is 4.79 Å². The molecule has 0 saturated carbocycles. The molecular weight excluding hydrogens is 226 g/mol. The van der Waals surface area contributed by atoms with Crippen molar-refractivity contribution in [2.75, 3.05) is 25.1 Å². The minimum Gasteiger partial charge on any atom is -0.465 e. The van der Waals surface area contributed by atoms with E-state index >= 15 is 0 Å². The molecule has 1 saturated heterocycles. The molecule has 0 amide bonds. The summed E-state index contributed by atoms with van der Waals surface area (Å²) in [7, 11) is 1.37. The summed E-state index contributed by atoms with van der Waals surface area (Å²) in [5.74, 6) is -0.368. The highest BCUT2D eigenvalue weighted by Gasteiger charge is 2.22. The van der Waals surface area contributed by atoms with Crippen molar-refractivity contribution in [2.45, 2.75) is 12.8 Å². The lowest BCUT2D eigenvalue weighted by atomic mass is 10.1. The summed E-state index contributed by atoms with van der Waals surface area (Å²) in [5, 5.41) is 0.455. The van der Waals surface area contributed by atoms with Crippen LogP contribution in [0.2, 0.25) is 5.02 Å². The molecule has 0 spiro atoms. The van der Waals surface area contributed by atoms with Gasteiger partial charge in [0.1, 0.15) is 5.56 Å². The maximum absolute atomic E-state index is 11.7. The van der Waals surface area contributed by atoms with E-state index in [4.69, 9.17) is 16.3 Å². The predicted octanol–water partition coefficient (Wildman–Crippen LogP) is 2.73. The maximum atomic E-state index is 11.7. The van der Waals surface area contributed by atoms with E-state index in [1.165, 1.54) is 7.11 Å². The van der Waals surface area contributed by atoms with Gasteiger partial charge in [0.15, 0.2) is 0 Å². The lowest BCUT2D eigenvalue weighted by Gasteiger charge is -2.20. The van der Waals surface area contributed by atoms with Crippen LogP contribution in [0.25, 0.3) is 0 Å². The second-order valence-electron chi connectivity index (χ2n) is 3.82. The van der Waals surface area contributed by atoms with Crippen molar-refractivity contribution in [2.24, 2.45) is 0 Å². The molecule has 1 aliphatic rings. The molecule has 1 aliphatic heterocycles. The Hall–Kier alpha value is -1.22. The molecule has 86 valence electrons. The first kappa shape index (κ1) is 11.3. The molecule has 1 heterocycles. The minimum atomic E-state index is -0.368. The number of halogens is 1. The Balaban J connectivity index is 2.43. The van der Waals surface area contributed by atoms with Crippen molar-refractivity contribution in [3.05, 3.63) is 28.8 Å². The second-order valence-corrected chi connectivity index (χ2v) is 4.23. The van der Waals surface area contributed by atoms with Crippen LogP contribution in [-0.4, -0.2) is 26.2 Å². The quantitative estimate of drug-likeness (QED) is 0.744. The fraction of sp³-hybridized carbons (Fsp3) is 0.417. The molecular formula is C12H14ClNO2. The molecule has 0 unspecified atom stereocenters. The van der Waals surface area contributed by atoms with Crippen molar-refractivity contribution in [3.63, 3.8) is 0 Å². The maximum Gasteiger partial charge on any atom is 0.341 e. The highest BCUT2D eigenvalue weighted by molar-refractivity contribution is 6.34. The molecule has 1 fully saturated rings. The van der Waals surface area contributed by atoms with Crippen molar-refractivity contribution in [3.8, 4) is 0 Å². The third-order valence-corrected chi connectivity index (χ3v) is 3.14. The Morgan fingerprint density at radius 2 is 2.06 bits per heavy atom. The van der Waals surface area contributed by atoms with Crippen LogP contribution in [-0.2, 0) is 4.74 Å². The van der Waals surface area contributed by atoms with E-state index in [1.807, 2.05) is 12.1 Å². The number of hydrogen-bond acceptors (Lipinski definition) is 3. The van der Waals surface area contributed by atoms with Gasteiger partial charge in [-0.15, -0.1) is 0 Å². The molecule has 0 radical (unpaired) electrons. The van der Waals surface area contributed by atoms with Gasteiger partial charge in [0, 0.05) is 13.1 Å². The van der Waals surface area contributed by atoms with Crippen molar-refractivity contribution >= 4 is 23.3 Å². The second kappa shape index (κ2) is 4.74. The Kier molecular flexibility index (Phi) is 3.34. The van der Waals surface area contributed by atoms with Crippen LogP contribution in [0.5, 0.6) is 0 Å². The Labute approximate surface area is 100.0 Å². The number of ether oxygens (including phenoxy) is 1. The van der Waals surface area contributed by atoms with Crippen molar-refractivity contribution < 1.29 is 9.53 Å². The fourth-order valence-corrected chi connectivity index (χ4v) is 2.29. The van der Waals surface area contributed by atoms with E-state index in [0.717, 1.165) is 31.6 Å². The molecule has 0 aliphatic carbocycles. The standard InChI is InChI=1S/C12H14ClNO2/c1-16-12(15)11-9(13)5-4-6-10(11)14-7-2-3-8-14/h4-6H,2-3,7-8H2,1H3. The first-order chi connectivity index (χ1) is 7.74. The normalized spacial score (nSPS) is 15.2. The monoisotopic (exact) mass is 239 g/mol. The minimum absolute atomic E-state index is 0.368. The third kappa shape index (κ3) is 2.00. The van der Waals surface area contributed by atoms with Gasteiger partial charge in [-0.2, -0.15) is 0 Å². The third-order valence-electron chi connectivity index (χ3n) is 2.83. The summed E-state index contributed by atoms with van der Waals surface area (Å²) in [6.45, 7) is 1.95. The van der Waals surface area contributed by atoms with Gasteiger partial charge in [0.2, 0.25) is 0 Å². The predicted molar refractivity (Wildman–Crippen MR) is 64.2 cm³/mol. The van der Waals surface area contributed by atoms with Crippen LogP contribution >= 0.6 is 11.6 Å². The first-order valence-corrected chi connectivity index (χ1v) is 5.73. The van der Waals surface area contributed by atoms with Crippen molar-refractivity contribution in [1.29, 1.82) is 0 Å². The average molecular weight is 240 g/mol. The largest absolute Gasteiger partial charge is 0.465 e.